The van der Waals surface area contributed by atoms with E-state index in [0.717, 1.165) is 26.1 Å². The summed E-state index contributed by atoms with van der Waals surface area (Å²) in [5, 5.41) is 0. The molecule has 2 fully saturated rings. The summed E-state index contributed by atoms with van der Waals surface area (Å²) in [5.41, 5.74) is 0.841. The van der Waals surface area contributed by atoms with Crippen molar-refractivity contribution >= 4 is 6.09 Å². The molecular weight excluding hydrogens is 304 g/mol. The Morgan fingerprint density at radius 3 is 2.71 bits per heavy atom. The highest BCUT2D eigenvalue weighted by atomic mass is 16.6. The summed E-state index contributed by atoms with van der Waals surface area (Å²) in [7, 11) is 0. The number of benzene rings is 1. The smallest absolute Gasteiger partial charge is 0.410 e. The maximum absolute atomic E-state index is 12.4. The van der Waals surface area contributed by atoms with Crippen LogP contribution >= 0.6 is 0 Å². The van der Waals surface area contributed by atoms with Gasteiger partial charge in [0.1, 0.15) is 5.60 Å². The highest BCUT2D eigenvalue weighted by molar-refractivity contribution is 5.68. The molecule has 0 saturated carbocycles. The van der Waals surface area contributed by atoms with Crippen molar-refractivity contribution in [3.63, 3.8) is 0 Å². The molecule has 1 aromatic carbocycles. The molecule has 2 atom stereocenters. The largest absolute Gasteiger partial charge is 0.444 e. The lowest BCUT2D eigenvalue weighted by Crippen LogP contribution is -2.60. The minimum atomic E-state index is -0.458. The lowest BCUT2D eigenvalue weighted by Gasteiger charge is -2.47. The van der Waals surface area contributed by atoms with Gasteiger partial charge in [-0.25, -0.2) is 4.79 Å². The monoisotopic (exact) mass is 332 g/mol. The van der Waals surface area contributed by atoms with Crippen molar-refractivity contribution in [1.29, 1.82) is 0 Å². The maximum Gasteiger partial charge on any atom is 0.410 e. The zero-order valence-electron chi connectivity index (χ0n) is 14.9. The number of morpholine rings is 1. The number of ether oxygens (including phenoxy) is 2. The quantitative estimate of drug-likeness (QED) is 0.835. The summed E-state index contributed by atoms with van der Waals surface area (Å²) in [6.45, 7) is 9.66. The number of hydrogen-bond donors (Lipinski definition) is 0. The predicted octanol–water partition coefficient (Wildman–Crippen LogP) is 2.90. The lowest BCUT2D eigenvalue weighted by atomic mass is 9.98. The van der Waals surface area contributed by atoms with Gasteiger partial charge in [-0.3, -0.25) is 4.90 Å². The van der Waals surface area contributed by atoms with Crippen LogP contribution in [0.1, 0.15) is 32.8 Å². The van der Waals surface area contributed by atoms with Crippen LogP contribution in [0.15, 0.2) is 30.3 Å². The number of likely N-dealkylation sites (tertiary alicyclic amines) is 1. The first kappa shape index (κ1) is 17.2. The van der Waals surface area contributed by atoms with E-state index in [9.17, 15) is 4.79 Å². The molecule has 5 heteroatoms. The van der Waals surface area contributed by atoms with E-state index in [2.05, 4.69) is 29.2 Å². The van der Waals surface area contributed by atoms with E-state index >= 15 is 0 Å². The van der Waals surface area contributed by atoms with Crippen molar-refractivity contribution < 1.29 is 14.3 Å². The molecule has 2 heterocycles. The fourth-order valence-corrected chi connectivity index (χ4v) is 3.45. The number of piperidine rings is 1. The summed E-state index contributed by atoms with van der Waals surface area (Å²) < 4.78 is 11.5. The van der Waals surface area contributed by atoms with E-state index in [1.165, 1.54) is 5.56 Å². The second-order valence-corrected chi connectivity index (χ2v) is 7.65. The third-order valence-electron chi connectivity index (χ3n) is 4.58. The van der Waals surface area contributed by atoms with Gasteiger partial charge >= 0.3 is 6.09 Å². The number of carbonyl (C=O) groups is 1. The summed E-state index contributed by atoms with van der Waals surface area (Å²) in [6, 6.07) is 10.7. The lowest BCUT2D eigenvalue weighted by molar-refractivity contribution is -0.105. The van der Waals surface area contributed by atoms with E-state index in [1.54, 1.807) is 0 Å². The predicted molar refractivity (Wildman–Crippen MR) is 92.8 cm³/mol. The van der Waals surface area contributed by atoms with Crippen LogP contribution in [0, 0.1) is 0 Å². The number of rotatable bonds is 2. The molecule has 0 aliphatic carbocycles. The molecule has 0 aromatic heterocycles. The number of hydrogen-bond acceptors (Lipinski definition) is 4. The number of fused-ring (bicyclic) bond motifs is 1. The van der Waals surface area contributed by atoms with Crippen LogP contribution in [-0.2, 0) is 16.0 Å². The molecule has 5 nitrogen and oxygen atoms in total. The molecule has 2 aliphatic heterocycles. The van der Waals surface area contributed by atoms with Gasteiger partial charge in [-0.2, -0.15) is 0 Å². The molecule has 1 amide bonds. The third kappa shape index (κ3) is 4.28. The van der Waals surface area contributed by atoms with E-state index in [-0.39, 0.29) is 18.2 Å². The van der Waals surface area contributed by atoms with Crippen molar-refractivity contribution in [3.8, 4) is 0 Å². The summed E-state index contributed by atoms with van der Waals surface area (Å²) >= 11 is 0. The van der Waals surface area contributed by atoms with Crippen LogP contribution in [0.2, 0.25) is 0 Å². The van der Waals surface area contributed by atoms with Crippen LogP contribution in [0.5, 0.6) is 0 Å². The molecule has 0 N–H and O–H groups in total. The number of amides is 1. The second-order valence-electron chi connectivity index (χ2n) is 7.65. The highest BCUT2D eigenvalue weighted by Crippen LogP contribution is 2.25. The maximum atomic E-state index is 12.4. The average Bonchev–Trinajstić information content (AvgIpc) is 2.54. The molecule has 1 unspecified atom stereocenters. The Labute approximate surface area is 144 Å². The SMILES string of the molecule is CC(C)(C)OC(=O)N1CCC2OCCN(Cc3ccccc3)[C@H]2C1. The molecule has 2 aliphatic rings. The van der Waals surface area contributed by atoms with Gasteiger partial charge in [-0.05, 0) is 32.8 Å². The summed E-state index contributed by atoms with van der Waals surface area (Å²) in [4.78, 5) is 16.7. The van der Waals surface area contributed by atoms with Crippen LogP contribution < -0.4 is 0 Å². The van der Waals surface area contributed by atoms with Gasteiger partial charge in [0.2, 0.25) is 0 Å². The Bertz CT molecular complexity index is 555. The number of carbonyl (C=O) groups excluding carboxylic acids is 1. The fourth-order valence-electron chi connectivity index (χ4n) is 3.45. The van der Waals surface area contributed by atoms with Crippen molar-refractivity contribution in [2.75, 3.05) is 26.2 Å². The molecule has 0 radical (unpaired) electrons. The minimum absolute atomic E-state index is 0.209. The normalized spacial score (nSPS) is 25.2. The molecule has 0 bridgehead atoms. The Balaban J connectivity index is 1.66. The zero-order valence-corrected chi connectivity index (χ0v) is 14.9. The Hall–Kier alpha value is -1.59. The average molecular weight is 332 g/mol. The molecule has 132 valence electrons. The molecule has 3 rings (SSSR count). The molecule has 24 heavy (non-hydrogen) atoms. The first-order valence-electron chi connectivity index (χ1n) is 8.80. The Morgan fingerprint density at radius 2 is 2.00 bits per heavy atom. The van der Waals surface area contributed by atoms with Crippen LogP contribution in [0.4, 0.5) is 4.79 Å². The van der Waals surface area contributed by atoms with E-state index in [0.29, 0.717) is 13.1 Å². The van der Waals surface area contributed by atoms with Gasteiger partial charge in [-0.1, -0.05) is 30.3 Å². The van der Waals surface area contributed by atoms with Gasteiger partial charge < -0.3 is 14.4 Å². The van der Waals surface area contributed by atoms with Crippen molar-refractivity contribution in [2.24, 2.45) is 0 Å². The van der Waals surface area contributed by atoms with Gasteiger partial charge in [0.05, 0.1) is 18.8 Å². The fraction of sp³-hybridized carbons (Fsp3) is 0.632. The second kappa shape index (κ2) is 7.11. The van der Waals surface area contributed by atoms with Gasteiger partial charge in [0, 0.05) is 26.2 Å². The van der Waals surface area contributed by atoms with Crippen molar-refractivity contribution in [1.82, 2.24) is 9.80 Å². The van der Waals surface area contributed by atoms with Crippen LogP contribution in [0.25, 0.3) is 0 Å². The van der Waals surface area contributed by atoms with Crippen LogP contribution in [-0.4, -0.2) is 59.9 Å². The summed E-state index contributed by atoms with van der Waals surface area (Å²) in [6.07, 6.45) is 0.863. The molecular formula is C19H28N2O3. The van der Waals surface area contributed by atoms with E-state index in [1.807, 2.05) is 31.7 Å². The minimum Gasteiger partial charge on any atom is -0.444 e. The van der Waals surface area contributed by atoms with Gasteiger partial charge in [0.15, 0.2) is 0 Å². The number of nitrogens with zero attached hydrogens (tertiary/aromatic N) is 2. The summed E-state index contributed by atoms with van der Waals surface area (Å²) in [5.74, 6) is 0. The Morgan fingerprint density at radius 1 is 1.25 bits per heavy atom. The van der Waals surface area contributed by atoms with Gasteiger partial charge in [-0.15, -0.1) is 0 Å². The standard InChI is InChI=1S/C19H28N2O3/c1-19(2,3)24-18(22)21-10-9-17-16(14-21)20(11-12-23-17)13-15-7-5-4-6-8-15/h4-8,16-17H,9-14H2,1-3H3/t16-,17?/m0/s1. The van der Waals surface area contributed by atoms with Gasteiger partial charge in [0.25, 0.3) is 0 Å². The first-order chi connectivity index (χ1) is 11.4. The van der Waals surface area contributed by atoms with Crippen molar-refractivity contribution in [2.45, 2.75) is 51.5 Å². The zero-order chi connectivity index (χ0) is 17.2. The third-order valence-corrected chi connectivity index (χ3v) is 4.58. The molecule has 0 spiro atoms. The molecule has 2 saturated heterocycles. The highest BCUT2D eigenvalue weighted by Gasteiger charge is 2.39. The van der Waals surface area contributed by atoms with E-state index in [4.69, 9.17) is 9.47 Å². The van der Waals surface area contributed by atoms with E-state index < -0.39 is 5.60 Å². The van der Waals surface area contributed by atoms with Crippen molar-refractivity contribution in [3.05, 3.63) is 35.9 Å². The molecule has 1 aromatic rings. The van der Waals surface area contributed by atoms with Crippen LogP contribution in [0.3, 0.4) is 0 Å². The first-order valence-corrected chi connectivity index (χ1v) is 8.80. The Kier molecular flexibility index (Phi) is 5.11. The topological polar surface area (TPSA) is 42.0 Å².